The van der Waals surface area contributed by atoms with E-state index in [1.165, 1.54) is 39.8 Å². The molecule has 13 nitrogen and oxygen atoms in total. The molecule has 464 valence electrons. The van der Waals surface area contributed by atoms with Crippen LogP contribution in [0.1, 0.15) is 313 Å². The zero-order valence-electron chi connectivity index (χ0n) is 56.9. The van der Waals surface area contributed by atoms with Crippen molar-refractivity contribution in [1.82, 2.24) is 50.1 Å². The molecule has 8 heterocycles. The van der Waals surface area contributed by atoms with Gasteiger partial charge in [0.2, 0.25) is 0 Å². The first-order valence-corrected chi connectivity index (χ1v) is 32.4. The van der Waals surface area contributed by atoms with Gasteiger partial charge in [0, 0.05) is 69.6 Å². The summed E-state index contributed by atoms with van der Waals surface area (Å²) < 4.78 is 14.7. The average molecular weight is 1180 g/mol. The normalized spacial score (nSPS) is 8.90. The van der Waals surface area contributed by atoms with Crippen molar-refractivity contribution in [2.45, 2.75) is 269 Å². The Bertz CT molecular complexity index is 1620. The molecule has 0 atom stereocenters. The van der Waals surface area contributed by atoms with Gasteiger partial charge in [-0.3, -0.25) is 10.1 Å². The molecule has 8 rings (SSSR count). The molecule has 8 aromatic heterocycles. The number of hydrogen-bond donors (Lipinski definition) is 2. The van der Waals surface area contributed by atoms with Crippen molar-refractivity contribution >= 4 is 34.0 Å². The number of oxazole rings is 3. The Labute approximate surface area is 504 Å². The Morgan fingerprint density at radius 3 is 1.23 bits per heavy atom. The van der Waals surface area contributed by atoms with Gasteiger partial charge in [-0.15, -0.1) is 34.0 Å². The van der Waals surface area contributed by atoms with Crippen LogP contribution in [0.2, 0.25) is 0 Å². The largest absolute Gasteiger partial charge is 0.451 e. The molecule has 0 bridgehead atoms. The lowest BCUT2D eigenvalue weighted by molar-refractivity contribution is 0.471. The summed E-state index contributed by atoms with van der Waals surface area (Å²) in [4.78, 5) is 32.2. The fourth-order valence-corrected chi connectivity index (χ4v) is 6.25. The summed E-state index contributed by atoms with van der Waals surface area (Å²) in [5, 5.41) is 12.0. The van der Waals surface area contributed by atoms with Crippen LogP contribution in [0.5, 0.6) is 0 Å². The molecule has 0 aliphatic rings. The maximum Gasteiger partial charge on any atom is 0.196 e. The third kappa shape index (κ3) is 54.9. The number of aromatic nitrogens is 10. The van der Waals surface area contributed by atoms with Gasteiger partial charge in [0.05, 0.1) is 46.1 Å². The molecular weight excluding hydrogens is 1050 g/mol. The lowest BCUT2D eigenvalue weighted by atomic mass is 10.1. The van der Waals surface area contributed by atoms with Gasteiger partial charge in [0.1, 0.15) is 18.3 Å². The monoisotopic (exact) mass is 1170 g/mol. The summed E-state index contributed by atoms with van der Waals surface area (Å²) in [6.07, 6.45) is 18.7. The second kappa shape index (κ2) is 70.0. The standard InChI is InChI=1S/2C6H10N2.3C6H9NO.3C6H9NS.8C2H6/c1-5(2)6-3-7-4-8-6;1-5(2)6-3-4-7-8-6;1-5(2)6-3-8-4-7-6;1-5(2)6-3-7-4-8-6;1-5(2)6-7-3-4-8-6;1-5(2)6-3-8-4-7-6;1-5(2)6-3-7-4-8-6;1-5(2)6-7-3-4-8-6;8*1-2/h2*3-5H,1-2H3,(H,7,8);6*3-5H,1-2H3;8*1-2H3. The topological polar surface area (TPSA) is 174 Å². The zero-order valence-corrected chi connectivity index (χ0v) is 59.3. The van der Waals surface area contributed by atoms with Crippen molar-refractivity contribution in [1.29, 1.82) is 0 Å². The van der Waals surface area contributed by atoms with Gasteiger partial charge in [0.15, 0.2) is 18.7 Å². The number of hydrogen-bond acceptors (Lipinski definition) is 14. The lowest BCUT2D eigenvalue weighted by Gasteiger charge is -1.95. The summed E-state index contributed by atoms with van der Waals surface area (Å²) in [5.41, 5.74) is 8.36. The molecule has 0 saturated heterocycles. The van der Waals surface area contributed by atoms with Crippen molar-refractivity contribution in [3.05, 3.63) is 141 Å². The fraction of sp³-hybridized carbons (Fsp3) is 0.625. The summed E-state index contributed by atoms with van der Waals surface area (Å²) >= 11 is 5.10. The molecular formula is C64H122N10O3S3. The fourth-order valence-electron chi connectivity index (χ4n) is 4.25. The molecule has 0 fully saturated rings. The van der Waals surface area contributed by atoms with Crippen LogP contribution in [0, 0.1) is 0 Å². The van der Waals surface area contributed by atoms with Crippen LogP contribution in [0.15, 0.2) is 110 Å². The van der Waals surface area contributed by atoms with Gasteiger partial charge in [-0.05, 0) is 35.7 Å². The molecule has 0 radical (unpaired) electrons. The van der Waals surface area contributed by atoms with Crippen LogP contribution in [-0.2, 0) is 0 Å². The second-order valence-electron chi connectivity index (χ2n) is 16.6. The van der Waals surface area contributed by atoms with E-state index in [-0.39, 0.29) is 0 Å². The highest BCUT2D eigenvalue weighted by Gasteiger charge is 2.02. The number of aromatic amines is 2. The van der Waals surface area contributed by atoms with E-state index in [1.54, 1.807) is 71.5 Å². The van der Waals surface area contributed by atoms with E-state index in [0.29, 0.717) is 47.3 Å². The van der Waals surface area contributed by atoms with Crippen molar-refractivity contribution in [2.24, 2.45) is 0 Å². The van der Waals surface area contributed by atoms with Gasteiger partial charge in [-0.1, -0.05) is 222 Å². The molecule has 0 aliphatic carbocycles. The van der Waals surface area contributed by atoms with E-state index in [0.717, 1.165) is 17.3 Å². The quantitative estimate of drug-likeness (QED) is 0.148. The molecule has 0 amide bonds. The van der Waals surface area contributed by atoms with E-state index in [1.807, 2.05) is 166 Å². The Kier molecular flexibility index (Phi) is 80.1. The molecule has 2 N–H and O–H groups in total. The van der Waals surface area contributed by atoms with E-state index in [2.05, 4.69) is 152 Å². The van der Waals surface area contributed by atoms with E-state index >= 15 is 0 Å². The third-order valence-electron chi connectivity index (χ3n) is 8.30. The average Bonchev–Trinajstić information content (AvgIpc) is 4.34. The van der Waals surface area contributed by atoms with E-state index in [4.69, 9.17) is 13.3 Å². The molecule has 0 unspecified atom stereocenters. The number of nitrogens with one attached hydrogen (secondary N) is 2. The highest BCUT2D eigenvalue weighted by molar-refractivity contribution is 7.09. The number of rotatable bonds is 8. The van der Waals surface area contributed by atoms with Crippen LogP contribution >= 0.6 is 34.0 Å². The van der Waals surface area contributed by atoms with Crippen molar-refractivity contribution < 1.29 is 13.3 Å². The highest BCUT2D eigenvalue weighted by Crippen LogP contribution is 2.18. The minimum atomic E-state index is 0.407. The Morgan fingerprint density at radius 2 is 1.02 bits per heavy atom. The predicted molar refractivity (Wildman–Crippen MR) is 357 cm³/mol. The second-order valence-corrected chi connectivity index (χ2v) is 19.2. The van der Waals surface area contributed by atoms with Crippen LogP contribution in [-0.4, -0.2) is 50.1 Å². The minimum absolute atomic E-state index is 0.407. The zero-order chi connectivity index (χ0) is 63.9. The third-order valence-corrected chi connectivity index (χ3v) is 11.1. The first-order valence-electron chi connectivity index (χ1n) is 29.7. The first kappa shape index (κ1) is 91.4. The molecule has 0 aliphatic heterocycles. The predicted octanol–water partition coefficient (Wildman–Crippen LogP) is 23.5. The molecule has 0 saturated carbocycles. The Balaban J connectivity index is -0.000000119. The minimum Gasteiger partial charge on any atom is -0.451 e. The van der Waals surface area contributed by atoms with Crippen molar-refractivity contribution in [2.75, 3.05) is 0 Å². The first-order chi connectivity index (χ1) is 38.4. The Hall–Kier alpha value is -5.06. The van der Waals surface area contributed by atoms with E-state index in [9.17, 15) is 0 Å². The molecule has 16 heteroatoms. The van der Waals surface area contributed by atoms with Crippen LogP contribution in [0.4, 0.5) is 0 Å². The van der Waals surface area contributed by atoms with Gasteiger partial charge >= 0.3 is 0 Å². The number of imidazole rings is 1. The number of thiazole rings is 3. The molecule has 80 heavy (non-hydrogen) atoms. The van der Waals surface area contributed by atoms with Crippen LogP contribution in [0.25, 0.3) is 0 Å². The summed E-state index contributed by atoms with van der Waals surface area (Å²) in [6.45, 7) is 65.9. The van der Waals surface area contributed by atoms with Crippen molar-refractivity contribution in [3.63, 3.8) is 0 Å². The van der Waals surface area contributed by atoms with Gasteiger partial charge in [-0.2, -0.15) is 5.10 Å². The number of nitrogens with zero attached hydrogens (tertiary/aromatic N) is 8. The van der Waals surface area contributed by atoms with Gasteiger partial charge in [0.25, 0.3) is 0 Å². The van der Waals surface area contributed by atoms with E-state index < -0.39 is 0 Å². The highest BCUT2D eigenvalue weighted by atomic mass is 32.1. The summed E-state index contributed by atoms with van der Waals surface area (Å²) in [7, 11) is 0. The maximum absolute atomic E-state index is 4.98. The van der Waals surface area contributed by atoms with Crippen molar-refractivity contribution in [3.8, 4) is 0 Å². The smallest absolute Gasteiger partial charge is 0.196 e. The van der Waals surface area contributed by atoms with Crippen LogP contribution in [0.3, 0.4) is 0 Å². The Morgan fingerprint density at radius 1 is 0.450 bits per heavy atom. The summed E-state index contributed by atoms with van der Waals surface area (Å²) in [6, 6.07) is 1.99. The SMILES string of the molecule is CC.CC.CC.CC.CC.CC.CC.CC.CC(C)c1ccn[nH]1.CC(C)c1cnc[nH]1.CC(C)c1cnco1.CC(C)c1cncs1.CC(C)c1cocn1.CC(C)c1cscn1.CC(C)c1ncco1.CC(C)c1nccs1. The molecule has 8 aromatic rings. The summed E-state index contributed by atoms with van der Waals surface area (Å²) in [5.74, 6) is 6.06. The van der Waals surface area contributed by atoms with Gasteiger partial charge in [-0.25, -0.2) is 29.9 Å². The number of H-pyrrole nitrogens is 2. The van der Waals surface area contributed by atoms with Crippen LogP contribution < -0.4 is 0 Å². The molecule has 0 aromatic carbocycles. The maximum atomic E-state index is 4.98. The molecule has 0 spiro atoms. The lowest BCUT2D eigenvalue weighted by Crippen LogP contribution is -1.85. The van der Waals surface area contributed by atoms with Gasteiger partial charge < -0.3 is 18.2 Å².